The van der Waals surface area contributed by atoms with E-state index in [4.69, 9.17) is 4.74 Å². The first-order valence-corrected chi connectivity index (χ1v) is 8.01. The highest BCUT2D eigenvalue weighted by atomic mass is 19.4. The van der Waals surface area contributed by atoms with Gasteiger partial charge in [-0.1, -0.05) is 12.1 Å². The van der Waals surface area contributed by atoms with Crippen LogP contribution in [0.25, 0.3) is 0 Å². The zero-order chi connectivity index (χ0) is 19.0. The largest absolute Gasteiger partial charge is 0.484 e. The van der Waals surface area contributed by atoms with Gasteiger partial charge < -0.3 is 15.4 Å². The Balaban J connectivity index is 1.96. The molecule has 26 heavy (non-hydrogen) atoms. The minimum Gasteiger partial charge on any atom is -0.484 e. The molecule has 0 aliphatic rings. The Morgan fingerprint density at radius 3 is 2.77 bits per heavy atom. The summed E-state index contributed by atoms with van der Waals surface area (Å²) in [5.41, 5.74) is 0.737. The Morgan fingerprint density at radius 2 is 2.12 bits per heavy atom. The molecule has 1 heterocycles. The van der Waals surface area contributed by atoms with Crippen LogP contribution in [0.3, 0.4) is 0 Å². The lowest BCUT2D eigenvalue weighted by Crippen LogP contribution is -2.37. The third-order valence-electron chi connectivity index (χ3n) is 3.28. The number of guanidine groups is 1. The summed E-state index contributed by atoms with van der Waals surface area (Å²) in [5.74, 6) is 1.47. The fraction of sp³-hybridized carbons (Fsp3) is 0.438. The molecule has 0 bridgehead atoms. The predicted molar refractivity (Wildman–Crippen MR) is 90.7 cm³/mol. The van der Waals surface area contributed by atoms with Gasteiger partial charge in [-0.05, 0) is 24.6 Å². The highest BCUT2D eigenvalue weighted by molar-refractivity contribution is 5.79. The van der Waals surface area contributed by atoms with Crippen LogP contribution in [0.2, 0.25) is 0 Å². The van der Waals surface area contributed by atoms with Crippen molar-refractivity contribution in [1.29, 1.82) is 0 Å². The Labute approximate surface area is 149 Å². The van der Waals surface area contributed by atoms with Crippen molar-refractivity contribution in [3.05, 3.63) is 42.0 Å². The molecule has 0 fully saturated rings. The van der Waals surface area contributed by atoms with Gasteiger partial charge in [0.1, 0.15) is 17.9 Å². The number of ether oxygens (including phenoxy) is 1. The van der Waals surface area contributed by atoms with E-state index in [2.05, 4.69) is 25.7 Å². The van der Waals surface area contributed by atoms with Crippen LogP contribution in [0.15, 0.2) is 35.6 Å². The number of nitrogens with zero attached hydrogens (tertiary/aromatic N) is 4. The van der Waals surface area contributed by atoms with Gasteiger partial charge in [-0.15, -0.1) is 0 Å². The zero-order valence-electron chi connectivity index (χ0n) is 14.5. The molecule has 2 rings (SSSR count). The summed E-state index contributed by atoms with van der Waals surface area (Å²) in [6.07, 6.45) is -2.90. The van der Waals surface area contributed by atoms with E-state index >= 15 is 0 Å². The van der Waals surface area contributed by atoms with Gasteiger partial charge >= 0.3 is 6.18 Å². The van der Waals surface area contributed by atoms with E-state index in [-0.39, 0.29) is 12.3 Å². The molecule has 1 aromatic carbocycles. The van der Waals surface area contributed by atoms with Crippen LogP contribution in [-0.2, 0) is 20.1 Å². The van der Waals surface area contributed by atoms with E-state index in [1.165, 1.54) is 12.4 Å². The Hall–Kier alpha value is -2.78. The molecule has 0 saturated heterocycles. The van der Waals surface area contributed by atoms with Gasteiger partial charge in [0.25, 0.3) is 0 Å². The van der Waals surface area contributed by atoms with Crippen LogP contribution in [0, 0.1) is 0 Å². The van der Waals surface area contributed by atoms with Crippen molar-refractivity contribution >= 4 is 5.96 Å². The number of nitrogens with one attached hydrogen (secondary N) is 2. The average Bonchev–Trinajstić information content (AvgIpc) is 3.00. The second kappa shape index (κ2) is 9.07. The van der Waals surface area contributed by atoms with E-state index < -0.39 is 12.8 Å². The number of hydrogen-bond donors (Lipinski definition) is 2. The Bertz CT molecular complexity index is 729. The van der Waals surface area contributed by atoms with Gasteiger partial charge in [-0.25, -0.2) is 9.98 Å². The lowest BCUT2D eigenvalue weighted by molar-refractivity contribution is -0.153. The van der Waals surface area contributed by atoms with Crippen molar-refractivity contribution in [3.8, 4) is 5.75 Å². The van der Waals surface area contributed by atoms with Gasteiger partial charge in [0, 0.05) is 13.6 Å². The lowest BCUT2D eigenvalue weighted by Gasteiger charge is -2.12. The summed E-state index contributed by atoms with van der Waals surface area (Å²) in [5, 5.41) is 10.2. The normalized spacial score (nSPS) is 12.1. The quantitative estimate of drug-likeness (QED) is 0.576. The number of benzene rings is 1. The van der Waals surface area contributed by atoms with E-state index in [1.807, 2.05) is 6.92 Å². The third kappa shape index (κ3) is 6.61. The van der Waals surface area contributed by atoms with Crippen molar-refractivity contribution in [2.45, 2.75) is 26.2 Å². The summed E-state index contributed by atoms with van der Waals surface area (Å²) in [6, 6.07) is 6.44. The molecule has 0 aliphatic carbocycles. The minimum absolute atomic E-state index is 0.159. The van der Waals surface area contributed by atoms with E-state index in [9.17, 15) is 13.2 Å². The molecular weight excluding hydrogens is 349 g/mol. The van der Waals surface area contributed by atoms with Gasteiger partial charge in [-0.3, -0.25) is 4.68 Å². The summed E-state index contributed by atoms with van der Waals surface area (Å²) >= 11 is 0. The van der Waals surface area contributed by atoms with Crippen LogP contribution >= 0.6 is 0 Å². The minimum atomic E-state index is -4.36. The summed E-state index contributed by atoms with van der Waals surface area (Å²) in [6.45, 7) is 2.01. The molecule has 2 N–H and O–H groups in total. The molecule has 0 saturated carbocycles. The SMILES string of the molecule is CCNC(=NCc1cccc(OCC(F)(F)F)c1)NCc1ncnn1C. The number of halogens is 3. The number of aromatic nitrogens is 3. The Morgan fingerprint density at radius 1 is 1.31 bits per heavy atom. The van der Waals surface area contributed by atoms with Gasteiger partial charge in [0.2, 0.25) is 0 Å². The van der Waals surface area contributed by atoms with Gasteiger partial charge in [-0.2, -0.15) is 18.3 Å². The smallest absolute Gasteiger partial charge is 0.422 e. The molecule has 1 aromatic heterocycles. The molecule has 7 nitrogen and oxygen atoms in total. The monoisotopic (exact) mass is 370 g/mol. The molecule has 142 valence electrons. The second-order valence-electron chi connectivity index (χ2n) is 5.40. The number of hydrogen-bond acceptors (Lipinski definition) is 4. The first-order chi connectivity index (χ1) is 12.4. The van der Waals surface area contributed by atoms with E-state index in [1.54, 1.807) is 29.9 Å². The molecule has 0 atom stereocenters. The number of aliphatic imine (C=N–C) groups is 1. The molecule has 0 unspecified atom stereocenters. The summed E-state index contributed by atoms with van der Waals surface area (Å²) in [4.78, 5) is 8.54. The number of aryl methyl sites for hydroxylation is 1. The lowest BCUT2D eigenvalue weighted by atomic mass is 10.2. The van der Waals surface area contributed by atoms with Crippen LogP contribution < -0.4 is 15.4 Å². The highest BCUT2D eigenvalue weighted by Gasteiger charge is 2.28. The predicted octanol–water partition coefficient (Wildman–Crippen LogP) is 2.01. The number of alkyl halides is 3. The van der Waals surface area contributed by atoms with E-state index in [0.29, 0.717) is 19.0 Å². The topological polar surface area (TPSA) is 76.4 Å². The van der Waals surface area contributed by atoms with Crippen molar-refractivity contribution in [2.24, 2.45) is 12.0 Å². The molecule has 2 aromatic rings. The standard InChI is InChI=1S/C16H21F3N6O/c1-3-20-15(22-9-14-23-11-24-25(14)2)21-8-12-5-4-6-13(7-12)26-10-16(17,18)19/h4-7,11H,3,8-10H2,1-2H3,(H2,20,21,22). The first-order valence-electron chi connectivity index (χ1n) is 8.01. The third-order valence-corrected chi connectivity index (χ3v) is 3.28. The first kappa shape index (κ1) is 19.5. The van der Waals surface area contributed by atoms with Crippen LogP contribution in [0.5, 0.6) is 5.75 Å². The molecule has 0 radical (unpaired) electrons. The Kier molecular flexibility index (Phi) is 6.81. The fourth-order valence-corrected chi connectivity index (χ4v) is 2.05. The molecule has 10 heteroatoms. The molecule has 0 aliphatic heterocycles. The maximum Gasteiger partial charge on any atom is 0.422 e. The maximum absolute atomic E-state index is 12.2. The molecule has 0 amide bonds. The fourth-order valence-electron chi connectivity index (χ4n) is 2.05. The van der Waals surface area contributed by atoms with Crippen molar-refractivity contribution in [3.63, 3.8) is 0 Å². The van der Waals surface area contributed by atoms with Gasteiger partial charge in [0.05, 0.1) is 13.1 Å². The summed E-state index contributed by atoms with van der Waals surface area (Å²) < 4.78 is 43.1. The van der Waals surface area contributed by atoms with Crippen molar-refractivity contribution < 1.29 is 17.9 Å². The second-order valence-corrected chi connectivity index (χ2v) is 5.40. The molecule has 0 spiro atoms. The van der Waals surface area contributed by atoms with E-state index in [0.717, 1.165) is 11.4 Å². The average molecular weight is 370 g/mol. The van der Waals surface area contributed by atoms with Crippen LogP contribution in [-0.4, -0.2) is 40.1 Å². The maximum atomic E-state index is 12.2. The molecular formula is C16H21F3N6O. The van der Waals surface area contributed by atoms with Crippen LogP contribution in [0.4, 0.5) is 13.2 Å². The van der Waals surface area contributed by atoms with Gasteiger partial charge in [0.15, 0.2) is 12.6 Å². The highest BCUT2D eigenvalue weighted by Crippen LogP contribution is 2.19. The summed E-state index contributed by atoms with van der Waals surface area (Å²) in [7, 11) is 1.79. The van der Waals surface area contributed by atoms with Crippen LogP contribution in [0.1, 0.15) is 18.3 Å². The van der Waals surface area contributed by atoms with Crippen molar-refractivity contribution in [1.82, 2.24) is 25.4 Å². The van der Waals surface area contributed by atoms with Crippen molar-refractivity contribution in [2.75, 3.05) is 13.2 Å². The zero-order valence-corrected chi connectivity index (χ0v) is 14.5. The number of rotatable bonds is 7.